The number of imidazole rings is 1. The number of aromatic nitrogens is 4. The van der Waals surface area contributed by atoms with Crippen LogP contribution in [0.5, 0.6) is 5.75 Å². The van der Waals surface area contributed by atoms with Crippen LogP contribution in [0.3, 0.4) is 0 Å². The molecule has 1 aliphatic heterocycles. The van der Waals surface area contributed by atoms with E-state index < -0.39 is 13.4 Å². The lowest BCUT2D eigenvalue weighted by Crippen LogP contribution is -2.14. The molecule has 0 spiro atoms. The second kappa shape index (κ2) is 7.36. The molecule has 0 saturated carbocycles. The van der Waals surface area contributed by atoms with Crippen molar-refractivity contribution in [3.8, 4) is 5.75 Å². The molecule has 28 heavy (non-hydrogen) atoms. The molecule has 0 radical (unpaired) electrons. The summed E-state index contributed by atoms with van der Waals surface area (Å²) in [4.78, 5) is 22.1. The van der Waals surface area contributed by atoms with Crippen LogP contribution in [0.2, 0.25) is 0 Å². The first-order valence-corrected chi connectivity index (χ1v) is 9.86. The summed E-state index contributed by atoms with van der Waals surface area (Å²) in [7, 11) is -3.69. The summed E-state index contributed by atoms with van der Waals surface area (Å²) < 4.78 is 35.5. The van der Waals surface area contributed by atoms with E-state index in [2.05, 4.69) is 15.0 Å². The van der Waals surface area contributed by atoms with Crippen LogP contribution >= 0.6 is 7.82 Å². The Labute approximate surface area is 159 Å². The fourth-order valence-electron chi connectivity index (χ4n) is 2.66. The highest BCUT2D eigenvalue weighted by atomic mass is 31.2. The van der Waals surface area contributed by atoms with Gasteiger partial charge in [-0.15, -0.1) is 0 Å². The molecular weight excluding hydrogens is 389 g/mol. The molecule has 0 amide bonds. The van der Waals surface area contributed by atoms with Gasteiger partial charge in [0.2, 0.25) is 5.95 Å². The smallest absolute Gasteiger partial charge is 0.404 e. The Bertz CT molecular complexity index is 1130. The number of phosphoric ester groups is 1. The Morgan fingerprint density at radius 1 is 1.39 bits per heavy atom. The normalized spacial score (nSPS) is 18.8. The maximum absolute atomic E-state index is 12.5. The average molecular weight is 407 g/mol. The van der Waals surface area contributed by atoms with E-state index in [9.17, 15) is 9.36 Å². The third-order valence-corrected chi connectivity index (χ3v) is 5.38. The number of fused-ring (bicyclic) bond motifs is 2. The van der Waals surface area contributed by atoms with Gasteiger partial charge in [-0.3, -0.25) is 23.4 Å². The maximum atomic E-state index is 12.5. The molecule has 0 fully saturated rings. The van der Waals surface area contributed by atoms with Crippen molar-refractivity contribution in [2.75, 3.05) is 18.9 Å². The molecule has 4 rings (SSSR count). The Balaban J connectivity index is 1.31. The molecule has 0 aliphatic carbocycles. The summed E-state index contributed by atoms with van der Waals surface area (Å²) in [6.45, 7) is 2.21. The van der Waals surface area contributed by atoms with E-state index in [4.69, 9.17) is 24.0 Å². The Morgan fingerprint density at radius 2 is 2.25 bits per heavy atom. The van der Waals surface area contributed by atoms with Crippen molar-refractivity contribution in [3.63, 3.8) is 0 Å². The van der Waals surface area contributed by atoms with E-state index in [1.165, 1.54) is 10.9 Å². The summed E-state index contributed by atoms with van der Waals surface area (Å²) in [6.07, 6.45) is 1.42. The lowest BCUT2D eigenvalue weighted by molar-refractivity contribution is 0.0414. The summed E-state index contributed by atoms with van der Waals surface area (Å²) in [5, 5.41) is 0. The molecule has 3 N–H and O–H groups in total. The predicted octanol–water partition coefficient (Wildman–Crippen LogP) is 1.72. The second-order valence-corrected chi connectivity index (χ2v) is 7.72. The molecule has 11 nitrogen and oxygen atoms in total. The van der Waals surface area contributed by atoms with E-state index in [-0.39, 0.29) is 38.0 Å². The predicted molar refractivity (Wildman–Crippen MR) is 98.7 cm³/mol. The number of ether oxygens (including phenoxy) is 1. The molecule has 12 heteroatoms. The van der Waals surface area contributed by atoms with Crippen molar-refractivity contribution in [2.24, 2.45) is 0 Å². The van der Waals surface area contributed by atoms with Crippen molar-refractivity contribution >= 4 is 24.9 Å². The van der Waals surface area contributed by atoms with Gasteiger partial charge < -0.3 is 15.0 Å². The minimum atomic E-state index is -3.69. The van der Waals surface area contributed by atoms with Gasteiger partial charge in [0.05, 0.1) is 26.1 Å². The molecule has 2 aromatic heterocycles. The van der Waals surface area contributed by atoms with Gasteiger partial charge >= 0.3 is 7.82 Å². The summed E-state index contributed by atoms with van der Waals surface area (Å²) >= 11 is 0. The van der Waals surface area contributed by atoms with Crippen LogP contribution < -0.4 is 15.8 Å². The number of anilines is 1. The van der Waals surface area contributed by atoms with Gasteiger partial charge in [-0.2, -0.15) is 4.98 Å². The number of hydrogen-bond donors (Lipinski definition) is 2. The highest BCUT2D eigenvalue weighted by molar-refractivity contribution is 7.49. The van der Waals surface area contributed by atoms with E-state index in [0.717, 1.165) is 11.1 Å². The minimum Gasteiger partial charge on any atom is -0.404 e. The lowest BCUT2D eigenvalue weighted by Gasteiger charge is -2.25. The summed E-state index contributed by atoms with van der Waals surface area (Å²) in [6, 6.07) is 5.57. The van der Waals surface area contributed by atoms with Crippen LogP contribution in [0.1, 0.15) is 11.1 Å². The Morgan fingerprint density at radius 3 is 3.11 bits per heavy atom. The number of nitrogens with two attached hydrogens (primary N) is 1. The minimum absolute atomic E-state index is 0.0113. The quantitative estimate of drug-likeness (QED) is 0.461. The first-order chi connectivity index (χ1) is 13.4. The summed E-state index contributed by atoms with van der Waals surface area (Å²) in [5.41, 5.74) is 7.38. The molecule has 0 bridgehead atoms. The molecule has 148 valence electrons. The molecule has 3 heterocycles. The number of phosphoric acid groups is 1. The first-order valence-electron chi connectivity index (χ1n) is 8.40. The molecular formula is C16H18N5O6P. The second-order valence-electron chi connectivity index (χ2n) is 6.13. The number of nitrogens with one attached hydrogen (secondary N) is 1. The molecule has 0 saturated heterocycles. The fraction of sp³-hybridized carbons (Fsp3) is 0.312. The lowest BCUT2D eigenvalue weighted by atomic mass is 10.1. The topological polar surface area (TPSA) is 144 Å². The Hall–Kier alpha value is -2.72. The van der Waals surface area contributed by atoms with Crippen molar-refractivity contribution in [1.29, 1.82) is 0 Å². The Kier molecular flexibility index (Phi) is 4.90. The van der Waals surface area contributed by atoms with Gasteiger partial charge in [0.1, 0.15) is 12.5 Å². The fourth-order valence-corrected chi connectivity index (χ4v) is 3.85. The molecule has 1 atom stereocenters. The number of rotatable bonds is 6. The zero-order chi connectivity index (χ0) is 19.7. The van der Waals surface area contributed by atoms with Crippen molar-refractivity contribution < 1.29 is 22.9 Å². The van der Waals surface area contributed by atoms with Crippen LogP contribution in [0.15, 0.2) is 29.3 Å². The van der Waals surface area contributed by atoms with Crippen LogP contribution in [0.25, 0.3) is 11.2 Å². The van der Waals surface area contributed by atoms with E-state index in [0.29, 0.717) is 11.4 Å². The van der Waals surface area contributed by atoms with Gasteiger partial charge in [-0.1, -0.05) is 12.1 Å². The van der Waals surface area contributed by atoms with E-state index >= 15 is 0 Å². The first kappa shape index (κ1) is 18.6. The molecule has 1 aliphatic rings. The van der Waals surface area contributed by atoms with Gasteiger partial charge in [0.15, 0.2) is 11.2 Å². The zero-order valence-electron chi connectivity index (χ0n) is 15.0. The van der Waals surface area contributed by atoms with Crippen molar-refractivity contribution in [3.05, 3.63) is 46.0 Å². The molecule has 3 aromatic rings. The number of nitrogens with zero attached hydrogens (tertiary/aromatic N) is 3. The third-order valence-electron chi connectivity index (χ3n) is 4.01. The van der Waals surface area contributed by atoms with Crippen molar-refractivity contribution in [1.82, 2.24) is 19.5 Å². The highest BCUT2D eigenvalue weighted by Gasteiger charge is 2.34. The number of H-pyrrole nitrogens is 1. The van der Waals surface area contributed by atoms with Gasteiger partial charge in [0, 0.05) is 5.56 Å². The van der Waals surface area contributed by atoms with Crippen LogP contribution in [-0.4, -0.2) is 32.7 Å². The molecule has 1 aromatic carbocycles. The van der Waals surface area contributed by atoms with Gasteiger partial charge in [-0.25, -0.2) is 9.55 Å². The van der Waals surface area contributed by atoms with Crippen LogP contribution in [-0.2, 0) is 31.7 Å². The monoisotopic (exact) mass is 407 g/mol. The molecule has 1 unspecified atom stereocenters. The SMILES string of the molecule is Cc1ccc2c(c1)OP(=O)(OCCOCn1cnc3c(=O)[nH]c(N)nc31)OC2. The number of aromatic amines is 1. The summed E-state index contributed by atoms with van der Waals surface area (Å²) in [5.74, 6) is 0.483. The maximum Gasteiger partial charge on any atom is 0.530 e. The van der Waals surface area contributed by atoms with Crippen LogP contribution in [0.4, 0.5) is 5.95 Å². The number of nitrogen functional groups attached to an aromatic ring is 1. The zero-order valence-corrected chi connectivity index (χ0v) is 15.8. The number of benzene rings is 1. The standard InChI is InChI=1S/C16H18N5O6P/c1-10-2-3-11-7-26-28(23,27-12(11)6-10)25-5-4-24-9-21-8-18-13-14(21)19-16(17)20-15(13)22/h2-3,6,8H,4-5,7,9H2,1H3,(H3,17,19,20,22). The number of hydrogen-bond acceptors (Lipinski definition) is 9. The van der Waals surface area contributed by atoms with Crippen LogP contribution in [0, 0.1) is 6.92 Å². The third kappa shape index (κ3) is 3.78. The largest absolute Gasteiger partial charge is 0.530 e. The van der Waals surface area contributed by atoms with E-state index in [1.54, 1.807) is 6.07 Å². The average Bonchev–Trinajstić information content (AvgIpc) is 3.04. The van der Waals surface area contributed by atoms with E-state index in [1.807, 2.05) is 19.1 Å². The van der Waals surface area contributed by atoms with Crippen molar-refractivity contribution in [2.45, 2.75) is 20.3 Å². The van der Waals surface area contributed by atoms with Gasteiger partial charge in [-0.05, 0) is 18.6 Å². The van der Waals surface area contributed by atoms with Gasteiger partial charge in [0.25, 0.3) is 5.56 Å². The highest BCUT2D eigenvalue weighted by Crippen LogP contribution is 2.54. The number of aryl methyl sites for hydroxylation is 1.